The van der Waals surface area contributed by atoms with E-state index >= 15 is 0 Å². The minimum absolute atomic E-state index is 0.0195. The molecule has 4 nitrogen and oxygen atoms in total. The number of nitrogens with two attached hydrogens (primary N) is 1. The standard InChI is InChI=1S/C16H26N2O2/c1-5-13(11-17)10-16(19)18(3)12(2)14-8-6-7-9-15(14)20-4/h6-9,12-13H,5,10-11,17H2,1-4H3. The van der Waals surface area contributed by atoms with E-state index in [1.165, 1.54) is 0 Å². The van der Waals surface area contributed by atoms with E-state index < -0.39 is 0 Å². The molecule has 0 bridgehead atoms. The van der Waals surface area contributed by atoms with Crippen LogP contribution in [0.2, 0.25) is 0 Å². The van der Waals surface area contributed by atoms with E-state index in [9.17, 15) is 4.79 Å². The van der Waals surface area contributed by atoms with Gasteiger partial charge in [-0.05, 0) is 25.5 Å². The molecule has 4 heteroatoms. The Morgan fingerprint density at radius 1 is 1.40 bits per heavy atom. The van der Waals surface area contributed by atoms with Gasteiger partial charge in [-0.3, -0.25) is 4.79 Å². The third-order valence-corrected chi connectivity index (χ3v) is 3.94. The van der Waals surface area contributed by atoms with Gasteiger partial charge in [-0.25, -0.2) is 0 Å². The Hall–Kier alpha value is -1.55. The van der Waals surface area contributed by atoms with Crippen molar-refractivity contribution in [1.29, 1.82) is 0 Å². The fourth-order valence-electron chi connectivity index (χ4n) is 2.22. The summed E-state index contributed by atoms with van der Waals surface area (Å²) in [5.41, 5.74) is 6.69. The molecule has 1 aromatic carbocycles. The van der Waals surface area contributed by atoms with Gasteiger partial charge >= 0.3 is 0 Å². The Kier molecular flexibility index (Phi) is 6.52. The summed E-state index contributed by atoms with van der Waals surface area (Å²) in [4.78, 5) is 14.1. The molecular weight excluding hydrogens is 252 g/mol. The molecule has 0 aliphatic rings. The molecule has 0 fully saturated rings. The Morgan fingerprint density at radius 2 is 2.05 bits per heavy atom. The number of rotatable bonds is 7. The van der Waals surface area contributed by atoms with E-state index in [-0.39, 0.29) is 17.9 Å². The first-order valence-electron chi connectivity index (χ1n) is 7.13. The molecule has 20 heavy (non-hydrogen) atoms. The summed E-state index contributed by atoms with van der Waals surface area (Å²) in [5.74, 6) is 1.20. The highest BCUT2D eigenvalue weighted by Gasteiger charge is 2.21. The predicted octanol–water partition coefficient (Wildman–Crippen LogP) is 2.59. The third-order valence-electron chi connectivity index (χ3n) is 3.94. The normalized spacial score (nSPS) is 13.7. The van der Waals surface area contributed by atoms with Gasteiger partial charge in [-0.2, -0.15) is 0 Å². The SMILES string of the molecule is CCC(CN)CC(=O)N(C)C(C)c1ccccc1OC. The van der Waals surface area contributed by atoms with Crippen LogP contribution in [0, 0.1) is 5.92 Å². The smallest absolute Gasteiger partial charge is 0.223 e. The van der Waals surface area contributed by atoms with E-state index in [0.29, 0.717) is 13.0 Å². The molecule has 112 valence electrons. The Balaban J connectivity index is 2.80. The van der Waals surface area contributed by atoms with Crippen molar-refractivity contribution >= 4 is 5.91 Å². The number of amides is 1. The molecule has 1 aromatic rings. The van der Waals surface area contributed by atoms with Gasteiger partial charge in [-0.15, -0.1) is 0 Å². The van der Waals surface area contributed by atoms with E-state index in [0.717, 1.165) is 17.7 Å². The molecule has 2 N–H and O–H groups in total. The third kappa shape index (κ3) is 3.97. The van der Waals surface area contributed by atoms with Crippen LogP contribution in [0.4, 0.5) is 0 Å². The molecule has 2 atom stereocenters. The number of ether oxygens (including phenoxy) is 1. The van der Waals surface area contributed by atoms with Crippen LogP contribution in [0.3, 0.4) is 0 Å². The van der Waals surface area contributed by atoms with Crippen LogP contribution in [0.15, 0.2) is 24.3 Å². The van der Waals surface area contributed by atoms with Gasteiger partial charge in [0.15, 0.2) is 0 Å². The van der Waals surface area contributed by atoms with E-state index in [4.69, 9.17) is 10.5 Å². The van der Waals surface area contributed by atoms with Gasteiger partial charge in [0.05, 0.1) is 13.2 Å². The van der Waals surface area contributed by atoms with Gasteiger partial charge in [0.1, 0.15) is 5.75 Å². The van der Waals surface area contributed by atoms with Gasteiger partial charge in [-0.1, -0.05) is 31.5 Å². The Labute approximate surface area is 121 Å². The number of carbonyl (C=O) groups excluding carboxylic acids is 1. The minimum atomic E-state index is -0.0195. The van der Waals surface area contributed by atoms with Crippen molar-refractivity contribution in [3.63, 3.8) is 0 Å². The molecule has 0 saturated heterocycles. The first-order valence-corrected chi connectivity index (χ1v) is 7.13. The molecule has 1 rings (SSSR count). The summed E-state index contributed by atoms with van der Waals surface area (Å²) in [6.07, 6.45) is 1.43. The molecule has 0 spiro atoms. The molecule has 0 saturated carbocycles. The van der Waals surface area contributed by atoms with Crippen LogP contribution < -0.4 is 10.5 Å². The highest BCUT2D eigenvalue weighted by atomic mass is 16.5. The number of para-hydroxylation sites is 1. The molecule has 0 aromatic heterocycles. The summed E-state index contributed by atoms with van der Waals surface area (Å²) >= 11 is 0. The second kappa shape index (κ2) is 7.90. The summed E-state index contributed by atoms with van der Waals surface area (Å²) < 4.78 is 5.36. The molecule has 1 amide bonds. The highest BCUT2D eigenvalue weighted by Crippen LogP contribution is 2.28. The van der Waals surface area contributed by atoms with Crippen molar-refractivity contribution in [1.82, 2.24) is 4.90 Å². The number of hydrogen-bond acceptors (Lipinski definition) is 3. The number of carbonyl (C=O) groups is 1. The van der Waals surface area contributed by atoms with Crippen molar-refractivity contribution < 1.29 is 9.53 Å². The average Bonchev–Trinajstić information content (AvgIpc) is 2.50. The fourth-order valence-corrected chi connectivity index (χ4v) is 2.22. The van der Waals surface area contributed by atoms with Gasteiger partial charge in [0.2, 0.25) is 5.91 Å². The quantitative estimate of drug-likeness (QED) is 0.834. The minimum Gasteiger partial charge on any atom is -0.496 e. The molecule has 2 unspecified atom stereocenters. The maximum Gasteiger partial charge on any atom is 0.223 e. The zero-order valence-corrected chi connectivity index (χ0v) is 12.9. The van der Waals surface area contributed by atoms with Gasteiger partial charge in [0.25, 0.3) is 0 Å². The number of hydrogen-bond donors (Lipinski definition) is 1. The van der Waals surface area contributed by atoms with Crippen molar-refractivity contribution in [2.24, 2.45) is 11.7 Å². The van der Waals surface area contributed by atoms with Crippen LogP contribution in [0.25, 0.3) is 0 Å². The lowest BCUT2D eigenvalue weighted by Gasteiger charge is -2.28. The topological polar surface area (TPSA) is 55.6 Å². The highest BCUT2D eigenvalue weighted by molar-refractivity contribution is 5.76. The summed E-state index contributed by atoms with van der Waals surface area (Å²) in [6, 6.07) is 7.78. The average molecular weight is 278 g/mol. The van der Waals surface area contributed by atoms with Crippen LogP contribution >= 0.6 is 0 Å². The lowest BCUT2D eigenvalue weighted by Crippen LogP contribution is -2.32. The zero-order valence-electron chi connectivity index (χ0n) is 12.9. The van der Waals surface area contributed by atoms with Crippen molar-refractivity contribution in [2.75, 3.05) is 20.7 Å². The Morgan fingerprint density at radius 3 is 2.60 bits per heavy atom. The number of methoxy groups -OCH3 is 1. The van der Waals surface area contributed by atoms with Crippen LogP contribution in [0.5, 0.6) is 5.75 Å². The number of nitrogens with zero attached hydrogens (tertiary/aromatic N) is 1. The second-order valence-corrected chi connectivity index (χ2v) is 5.14. The first kappa shape index (κ1) is 16.5. The first-order chi connectivity index (χ1) is 9.54. The lowest BCUT2D eigenvalue weighted by atomic mass is 10.0. The maximum atomic E-state index is 12.3. The van der Waals surface area contributed by atoms with E-state index in [1.54, 1.807) is 12.0 Å². The van der Waals surface area contributed by atoms with Gasteiger partial charge < -0.3 is 15.4 Å². The van der Waals surface area contributed by atoms with Crippen LogP contribution in [-0.4, -0.2) is 31.5 Å². The van der Waals surface area contributed by atoms with E-state index in [1.807, 2.05) is 38.2 Å². The summed E-state index contributed by atoms with van der Waals surface area (Å²) in [7, 11) is 3.48. The number of benzene rings is 1. The summed E-state index contributed by atoms with van der Waals surface area (Å²) in [6.45, 7) is 4.63. The van der Waals surface area contributed by atoms with Crippen LogP contribution in [0.1, 0.15) is 38.3 Å². The molecule has 0 radical (unpaired) electrons. The predicted molar refractivity (Wildman–Crippen MR) is 81.6 cm³/mol. The lowest BCUT2D eigenvalue weighted by molar-refractivity contribution is -0.132. The molecule has 0 aliphatic carbocycles. The second-order valence-electron chi connectivity index (χ2n) is 5.14. The van der Waals surface area contributed by atoms with Crippen molar-refractivity contribution in [2.45, 2.75) is 32.7 Å². The van der Waals surface area contributed by atoms with Crippen molar-refractivity contribution in [3.8, 4) is 5.75 Å². The largest absolute Gasteiger partial charge is 0.496 e. The molecule has 0 heterocycles. The van der Waals surface area contributed by atoms with Crippen LogP contribution in [-0.2, 0) is 4.79 Å². The summed E-state index contributed by atoms with van der Waals surface area (Å²) in [5, 5.41) is 0. The van der Waals surface area contributed by atoms with Crippen molar-refractivity contribution in [3.05, 3.63) is 29.8 Å². The maximum absolute atomic E-state index is 12.3. The molecular formula is C16H26N2O2. The molecule has 0 aliphatic heterocycles. The van der Waals surface area contributed by atoms with Gasteiger partial charge in [0, 0.05) is 19.0 Å². The fraction of sp³-hybridized carbons (Fsp3) is 0.562. The Bertz CT molecular complexity index is 430. The monoisotopic (exact) mass is 278 g/mol. The van der Waals surface area contributed by atoms with E-state index in [2.05, 4.69) is 6.92 Å². The zero-order chi connectivity index (χ0) is 15.1.